The minimum Gasteiger partial charge on any atom is -0.453 e. The molecule has 1 atom stereocenters. The number of aliphatic hydroxyl groups is 1. The van der Waals surface area contributed by atoms with Crippen LogP contribution in [0.3, 0.4) is 0 Å². The Hall–Kier alpha value is -2.43. The number of benzene rings is 1. The van der Waals surface area contributed by atoms with Gasteiger partial charge in [0.05, 0.1) is 22.8 Å². The van der Waals surface area contributed by atoms with Crippen molar-refractivity contribution < 1.29 is 19.1 Å². The van der Waals surface area contributed by atoms with Crippen LogP contribution < -0.4 is 0 Å². The Morgan fingerprint density at radius 3 is 2.28 bits per heavy atom. The van der Waals surface area contributed by atoms with E-state index in [0.717, 1.165) is 49.1 Å². The van der Waals surface area contributed by atoms with Crippen LogP contribution in [-0.2, 0) is 15.1 Å². The molecule has 1 unspecified atom stereocenters. The van der Waals surface area contributed by atoms with Crippen LogP contribution >= 0.6 is 22.7 Å². The highest BCUT2D eigenvalue weighted by Gasteiger charge is 2.51. The maximum atomic E-state index is 13.4. The largest absolute Gasteiger partial charge is 0.453 e. The number of nitrogens with zero attached hydrogens (tertiary/aromatic N) is 1. The fourth-order valence-electron chi connectivity index (χ4n) is 4.92. The number of esters is 1. The van der Waals surface area contributed by atoms with Gasteiger partial charge >= 0.3 is 5.97 Å². The number of hydrogen-bond donors (Lipinski definition) is 1. The molecule has 6 heteroatoms. The summed E-state index contributed by atoms with van der Waals surface area (Å²) in [6, 6.07) is 17.4. The number of piperidine rings is 3. The molecule has 6 rings (SSSR count). The van der Waals surface area contributed by atoms with Crippen molar-refractivity contribution in [2.24, 2.45) is 5.92 Å². The van der Waals surface area contributed by atoms with Gasteiger partial charge in [0.1, 0.15) is 13.1 Å². The molecule has 5 heterocycles. The Balaban J connectivity index is 1.33. The van der Waals surface area contributed by atoms with Crippen molar-refractivity contribution in [3.05, 3.63) is 80.7 Å². The molecule has 32 heavy (non-hydrogen) atoms. The molecule has 3 saturated heterocycles. The minimum atomic E-state index is -1.74. The Morgan fingerprint density at radius 1 is 1.03 bits per heavy atom. The summed E-state index contributed by atoms with van der Waals surface area (Å²) in [5.74, 6) is 6.44. The third-order valence-corrected chi connectivity index (χ3v) is 8.73. The quantitative estimate of drug-likeness (QED) is 0.349. The van der Waals surface area contributed by atoms with Crippen LogP contribution in [0.4, 0.5) is 0 Å². The van der Waals surface area contributed by atoms with Gasteiger partial charge in [0.25, 0.3) is 0 Å². The first-order valence-electron chi connectivity index (χ1n) is 11.0. The summed E-state index contributed by atoms with van der Waals surface area (Å²) in [6.07, 6.45) is 1.87. The summed E-state index contributed by atoms with van der Waals surface area (Å²) in [6.45, 7) is 3.67. The normalized spacial score (nSPS) is 24.5. The first-order valence-corrected chi connectivity index (χ1v) is 12.8. The third kappa shape index (κ3) is 4.02. The van der Waals surface area contributed by atoms with Gasteiger partial charge in [-0.15, -0.1) is 22.7 Å². The van der Waals surface area contributed by atoms with Crippen molar-refractivity contribution in [2.45, 2.75) is 24.5 Å². The highest BCUT2D eigenvalue weighted by atomic mass is 32.1. The van der Waals surface area contributed by atoms with Crippen LogP contribution in [-0.4, -0.2) is 47.8 Å². The molecule has 2 aromatic heterocycles. The monoisotopic (exact) mass is 464 g/mol. The zero-order chi connectivity index (χ0) is 22.0. The lowest BCUT2D eigenvalue weighted by Crippen LogP contribution is -2.65. The van der Waals surface area contributed by atoms with Crippen molar-refractivity contribution in [1.82, 2.24) is 0 Å². The predicted molar refractivity (Wildman–Crippen MR) is 127 cm³/mol. The van der Waals surface area contributed by atoms with Crippen molar-refractivity contribution in [1.29, 1.82) is 0 Å². The van der Waals surface area contributed by atoms with Gasteiger partial charge in [-0.25, -0.2) is 4.79 Å². The minimum absolute atomic E-state index is 0.185. The maximum absolute atomic E-state index is 13.4. The van der Waals surface area contributed by atoms with Gasteiger partial charge < -0.3 is 14.3 Å². The molecule has 0 spiro atoms. The number of carbonyl (C=O) groups excluding carboxylic acids is 1. The second kappa shape index (κ2) is 8.84. The molecule has 1 N–H and O–H groups in total. The molecular weight excluding hydrogens is 438 g/mol. The first kappa shape index (κ1) is 21.4. The summed E-state index contributed by atoms with van der Waals surface area (Å²) in [4.78, 5) is 14.6. The van der Waals surface area contributed by atoms with Gasteiger partial charge in [-0.1, -0.05) is 36.3 Å². The van der Waals surface area contributed by atoms with Gasteiger partial charge in [0.2, 0.25) is 5.60 Å². The highest BCUT2D eigenvalue weighted by Crippen LogP contribution is 2.40. The molecule has 3 aliphatic rings. The number of ether oxygens (including phenoxy) is 1. The lowest BCUT2D eigenvalue weighted by Gasteiger charge is -2.51. The van der Waals surface area contributed by atoms with E-state index in [2.05, 4.69) is 11.8 Å². The SMILES string of the molecule is O=C(OC1C[N+]2(CC#Cc3ccccc3)CCC1CC2)C(O)(c1cccs1)c1cccs1. The van der Waals surface area contributed by atoms with Gasteiger partial charge in [0, 0.05) is 24.3 Å². The van der Waals surface area contributed by atoms with Crippen molar-refractivity contribution >= 4 is 28.6 Å². The average Bonchev–Trinajstić information content (AvgIpc) is 3.55. The van der Waals surface area contributed by atoms with Gasteiger partial charge in [0.15, 0.2) is 6.10 Å². The Labute approximate surface area is 196 Å². The van der Waals surface area contributed by atoms with Crippen molar-refractivity contribution in [3.8, 4) is 11.8 Å². The number of fused-ring (bicyclic) bond motifs is 3. The zero-order valence-corrected chi connectivity index (χ0v) is 19.4. The fourth-order valence-corrected chi connectivity index (χ4v) is 6.64. The molecular formula is C26H26NO3S2+. The molecule has 0 aliphatic carbocycles. The third-order valence-electron chi connectivity index (χ3n) is 6.77. The summed E-state index contributed by atoms with van der Waals surface area (Å²) in [5, 5.41) is 15.3. The van der Waals surface area contributed by atoms with Crippen LogP contribution in [0, 0.1) is 17.8 Å². The van der Waals surface area contributed by atoms with E-state index in [9.17, 15) is 9.90 Å². The van der Waals surface area contributed by atoms with Crippen LogP contribution in [0.15, 0.2) is 65.4 Å². The fraction of sp³-hybridized carbons (Fsp3) is 0.346. The second-order valence-electron chi connectivity index (χ2n) is 8.74. The van der Waals surface area contributed by atoms with Gasteiger partial charge in [-0.3, -0.25) is 0 Å². The molecule has 0 saturated carbocycles. The molecule has 1 aromatic carbocycles. The van der Waals surface area contributed by atoms with E-state index in [1.807, 2.05) is 53.2 Å². The summed E-state index contributed by atoms with van der Waals surface area (Å²) in [7, 11) is 0. The Morgan fingerprint density at radius 2 is 1.69 bits per heavy atom. The van der Waals surface area contributed by atoms with E-state index in [0.29, 0.717) is 15.7 Å². The molecule has 2 bridgehead atoms. The van der Waals surface area contributed by atoms with E-state index < -0.39 is 11.6 Å². The topological polar surface area (TPSA) is 46.5 Å². The molecule has 3 aromatic rings. The second-order valence-corrected chi connectivity index (χ2v) is 10.6. The van der Waals surface area contributed by atoms with E-state index in [4.69, 9.17) is 4.74 Å². The Bertz CT molecular complexity index is 1070. The lowest BCUT2D eigenvalue weighted by molar-refractivity contribution is -0.939. The van der Waals surface area contributed by atoms with Gasteiger partial charge in [-0.05, 0) is 40.9 Å². The van der Waals surface area contributed by atoms with E-state index >= 15 is 0 Å². The van der Waals surface area contributed by atoms with Crippen molar-refractivity contribution in [3.63, 3.8) is 0 Å². The van der Waals surface area contributed by atoms with Gasteiger partial charge in [-0.2, -0.15) is 0 Å². The average molecular weight is 465 g/mol. The van der Waals surface area contributed by atoms with E-state index in [1.165, 1.54) is 22.7 Å². The molecule has 3 aliphatic heterocycles. The van der Waals surface area contributed by atoms with Crippen LogP contribution in [0.5, 0.6) is 0 Å². The Kier molecular flexibility index (Phi) is 5.92. The highest BCUT2D eigenvalue weighted by molar-refractivity contribution is 7.12. The zero-order valence-electron chi connectivity index (χ0n) is 17.8. The van der Waals surface area contributed by atoms with E-state index in [-0.39, 0.29) is 6.10 Å². The predicted octanol–water partition coefficient (Wildman–Crippen LogP) is 4.25. The number of carbonyl (C=O) groups is 1. The van der Waals surface area contributed by atoms with Crippen LogP contribution in [0.1, 0.15) is 28.2 Å². The number of rotatable bonds is 5. The molecule has 0 radical (unpaired) electrons. The molecule has 164 valence electrons. The molecule has 4 nitrogen and oxygen atoms in total. The van der Waals surface area contributed by atoms with Crippen LogP contribution in [0.2, 0.25) is 0 Å². The molecule has 0 amide bonds. The lowest BCUT2D eigenvalue weighted by atomic mass is 9.83. The van der Waals surface area contributed by atoms with Crippen LogP contribution in [0.25, 0.3) is 0 Å². The maximum Gasteiger partial charge on any atom is 0.349 e. The number of hydrogen-bond acceptors (Lipinski definition) is 5. The summed E-state index contributed by atoms with van der Waals surface area (Å²) < 4.78 is 6.95. The standard InChI is InChI=1S/C26H26NO3S2/c28-25(26(29,23-10-5-17-31-23)24-11-6-18-32-24)30-22-19-27(15-12-21(22)13-16-27)14-4-9-20-7-2-1-3-8-20/h1-3,5-8,10-11,17-18,21-22,29H,12-16,19H2/q+1. The summed E-state index contributed by atoms with van der Waals surface area (Å²) in [5.41, 5.74) is -0.718. The van der Waals surface area contributed by atoms with E-state index in [1.54, 1.807) is 12.1 Å². The first-order chi connectivity index (χ1) is 15.6. The van der Waals surface area contributed by atoms with Crippen molar-refractivity contribution in [2.75, 3.05) is 26.2 Å². The number of quaternary nitrogens is 1. The number of thiophene rings is 2. The summed E-state index contributed by atoms with van der Waals surface area (Å²) >= 11 is 2.75. The smallest absolute Gasteiger partial charge is 0.349 e. The molecule has 3 fully saturated rings.